The van der Waals surface area contributed by atoms with Crippen molar-refractivity contribution in [2.24, 2.45) is 11.8 Å². The molecule has 2 fully saturated rings. The SMILES string of the molecule is CC[C@@]12C=C[C@@H](O1)[C@H]1C(=O)N(c3cccc([N+](=O)[O-])c3)C(=O)[C@@H]12. The predicted molar refractivity (Wildman–Crippen MR) is 79.6 cm³/mol. The van der Waals surface area contributed by atoms with Gasteiger partial charge in [-0.25, -0.2) is 4.90 Å². The quantitative estimate of drug-likeness (QED) is 0.367. The third-order valence-corrected chi connectivity index (χ3v) is 5.01. The van der Waals surface area contributed by atoms with Gasteiger partial charge in [0.05, 0.1) is 34.2 Å². The number of nitrogens with zero attached hydrogens (tertiary/aromatic N) is 2. The molecule has 1 aromatic carbocycles. The van der Waals surface area contributed by atoms with Crippen molar-refractivity contribution in [2.75, 3.05) is 4.90 Å². The molecule has 4 rings (SSSR count). The van der Waals surface area contributed by atoms with Gasteiger partial charge in [0, 0.05) is 12.1 Å². The minimum atomic E-state index is -0.725. The van der Waals surface area contributed by atoms with Crippen molar-refractivity contribution in [1.29, 1.82) is 0 Å². The number of carbonyl (C=O) groups is 2. The fourth-order valence-corrected chi connectivity index (χ4v) is 3.92. The van der Waals surface area contributed by atoms with Gasteiger partial charge in [0.2, 0.25) is 11.8 Å². The first-order valence-corrected chi connectivity index (χ1v) is 7.48. The number of nitro groups is 1. The summed E-state index contributed by atoms with van der Waals surface area (Å²) in [5, 5.41) is 10.9. The summed E-state index contributed by atoms with van der Waals surface area (Å²) in [5.41, 5.74) is -0.630. The van der Waals surface area contributed by atoms with Crippen LogP contribution < -0.4 is 4.90 Å². The highest BCUT2D eigenvalue weighted by Gasteiger charge is 2.67. The molecule has 0 radical (unpaired) electrons. The number of non-ortho nitro benzene ring substituents is 1. The summed E-state index contributed by atoms with van der Waals surface area (Å²) in [7, 11) is 0. The maximum absolute atomic E-state index is 12.9. The molecule has 0 aliphatic carbocycles. The minimum Gasteiger partial charge on any atom is -0.362 e. The molecule has 4 atom stereocenters. The van der Waals surface area contributed by atoms with Crippen molar-refractivity contribution in [3.63, 3.8) is 0 Å². The van der Waals surface area contributed by atoms with Crippen LogP contribution in [-0.4, -0.2) is 28.4 Å². The van der Waals surface area contributed by atoms with Gasteiger partial charge in [-0.2, -0.15) is 0 Å². The van der Waals surface area contributed by atoms with Gasteiger partial charge in [0.1, 0.15) is 0 Å². The highest BCUT2D eigenvalue weighted by atomic mass is 16.6. The lowest BCUT2D eigenvalue weighted by atomic mass is 9.76. The first-order valence-electron chi connectivity index (χ1n) is 7.48. The molecule has 1 aromatic rings. The van der Waals surface area contributed by atoms with Crippen LogP contribution in [0.5, 0.6) is 0 Å². The number of nitro benzene ring substituents is 1. The zero-order chi connectivity index (χ0) is 16.4. The molecule has 0 spiro atoms. The molecule has 0 N–H and O–H groups in total. The van der Waals surface area contributed by atoms with E-state index in [1.54, 1.807) is 6.07 Å². The number of fused-ring (bicyclic) bond motifs is 5. The van der Waals surface area contributed by atoms with E-state index in [4.69, 9.17) is 4.74 Å². The maximum Gasteiger partial charge on any atom is 0.271 e. The van der Waals surface area contributed by atoms with Gasteiger partial charge < -0.3 is 4.74 Å². The van der Waals surface area contributed by atoms with Crippen molar-refractivity contribution < 1.29 is 19.2 Å². The molecule has 0 unspecified atom stereocenters. The highest BCUT2D eigenvalue weighted by Crippen LogP contribution is 2.53. The average molecular weight is 314 g/mol. The fraction of sp³-hybridized carbons (Fsp3) is 0.375. The largest absolute Gasteiger partial charge is 0.362 e. The molecule has 7 nitrogen and oxygen atoms in total. The number of carbonyl (C=O) groups excluding carboxylic acids is 2. The Morgan fingerprint density at radius 3 is 2.83 bits per heavy atom. The average Bonchev–Trinajstić information content (AvgIpc) is 3.18. The zero-order valence-corrected chi connectivity index (χ0v) is 12.3. The van der Waals surface area contributed by atoms with Gasteiger partial charge in [-0.15, -0.1) is 0 Å². The van der Waals surface area contributed by atoms with Crippen LogP contribution >= 0.6 is 0 Å². The lowest BCUT2D eigenvalue weighted by molar-refractivity contribution is -0.384. The Kier molecular flexibility index (Phi) is 2.74. The van der Waals surface area contributed by atoms with Gasteiger partial charge in [-0.05, 0) is 12.5 Å². The van der Waals surface area contributed by atoms with Crippen LogP contribution in [0.15, 0.2) is 36.4 Å². The first-order chi connectivity index (χ1) is 11.0. The molecular formula is C16H14N2O5. The monoisotopic (exact) mass is 314 g/mol. The van der Waals surface area contributed by atoms with E-state index < -0.39 is 22.4 Å². The summed E-state index contributed by atoms with van der Waals surface area (Å²) < 4.78 is 5.88. The summed E-state index contributed by atoms with van der Waals surface area (Å²) in [6.07, 6.45) is 3.93. The molecule has 7 heteroatoms. The summed E-state index contributed by atoms with van der Waals surface area (Å²) in [6.45, 7) is 1.92. The second-order valence-electron chi connectivity index (χ2n) is 6.04. The van der Waals surface area contributed by atoms with E-state index >= 15 is 0 Å². The number of rotatable bonds is 3. The molecule has 3 aliphatic heterocycles. The van der Waals surface area contributed by atoms with E-state index in [0.717, 1.165) is 4.90 Å². The van der Waals surface area contributed by atoms with Crippen LogP contribution in [0.4, 0.5) is 11.4 Å². The van der Waals surface area contributed by atoms with Crippen LogP contribution in [0.3, 0.4) is 0 Å². The smallest absolute Gasteiger partial charge is 0.271 e. The van der Waals surface area contributed by atoms with Gasteiger partial charge >= 0.3 is 0 Å². The second kappa shape index (κ2) is 4.48. The molecular weight excluding hydrogens is 300 g/mol. The molecule has 3 heterocycles. The number of anilines is 1. The van der Waals surface area contributed by atoms with E-state index in [9.17, 15) is 19.7 Å². The van der Waals surface area contributed by atoms with Gasteiger partial charge in [0.25, 0.3) is 5.69 Å². The molecule has 118 valence electrons. The predicted octanol–water partition coefficient (Wildman–Crippen LogP) is 1.82. The zero-order valence-electron chi connectivity index (χ0n) is 12.3. The Balaban J connectivity index is 1.76. The van der Waals surface area contributed by atoms with E-state index in [1.165, 1.54) is 18.2 Å². The summed E-state index contributed by atoms with van der Waals surface area (Å²) >= 11 is 0. The number of amides is 2. The van der Waals surface area contributed by atoms with Crippen molar-refractivity contribution in [2.45, 2.75) is 25.0 Å². The Morgan fingerprint density at radius 2 is 2.13 bits per heavy atom. The number of benzene rings is 1. The van der Waals surface area contributed by atoms with E-state index in [2.05, 4.69) is 0 Å². The van der Waals surface area contributed by atoms with Crippen LogP contribution in [-0.2, 0) is 14.3 Å². The van der Waals surface area contributed by atoms with E-state index in [0.29, 0.717) is 6.42 Å². The Labute approximate surface area is 131 Å². The number of imide groups is 1. The Morgan fingerprint density at radius 1 is 1.35 bits per heavy atom. The Hall–Kier alpha value is -2.54. The first kappa shape index (κ1) is 14.1. The lowest BCUT2D eigenvalue weighted by Gasteiger charge is -2.27. The third kappa shape index (κ3) is 1.68. The van der Waals surface area contributed by atoms with Crippen molar-refractivity contribution in [3.8, 4) is 0 Å². The molecule has 23 heavy (non-hydrogen) atoms. The fourth-order valence-electron chi connectivity index (χ4n) is 3.92. The number of hydrogen-bond acceptors (Lipinski definition) is 5. The Bertz CT molecular complexity index is 773. The molecule has 2 saturated heterocycles. The van der Waals surface area contributed by atoms with Crippen LogP contribution in [0.1, 0.15) is 13.3 Å². The minimum absolute atomic E-state index is 0.150. The number of hydrogen-bond donors (Lipinski definition) is 0. The van der Waals surface area contributed by atoms with E-state index in [1.807, 2.05) is 19.1 Å². The second-order valence-corrected chi connectivity index (χ2v) is 6.04. The highest BCUT2D eigenvalue weighted by molar-refractivity contribution is 6.23. The van der Waals surface area contributed by atoms with Crippen LogP contribution in [0.25, 0.3) is 0 Å². The van der Waals surface area contributed by atoms with Crippen molar-refractivity contribution >= 4 is 23.2 Å². The molecule has 0 saturated carbocycles. The summed E-state index contributed by atoms with van der Waals surface area (Å²) in [4.78, 5) is 37.1. The van der Waals surface area contributed by atoms with Crippen molar-refractivity contribution in [1.82, 2.24) is 0 Å². The van der Waals surface area contributed by atoms with E-state index in [-0.39, 0.29) is 29.3 Å². The number of ether oxygens (including phenoxy) is 1. The molecule has 2 bridgehead atoms. The van der Waals surface area contributed by atoms with Crippen molar-refractivity contribution in [3.05, 3.63) is 46.5 Å². The van der Waals surface area contributed by atoms with Crippen LogP contribution in [0, 0.1) is 22.0 Å². The van der Waals surface area contributed by atoms with Gasteiger partial charge in [-0.3, -0.25) is 19.7 Å². The summed E-state index contributed by atoms with van der Waals surface area (Å²) in [5.74, 6) is -1.76. The summed E-state index contributed by atoms with van der Waals surface area (Å²) in [6, 6.07) is 5.60. The van der Waals surface area contributed by atoms with Gasteiger partial charge in [0.15, 0.2) is 0 Å². The maximum atomic E-state index is 12.9. The molecule has 2 amide bonds. The van der Waals surface area contributed by atoms with Crippen LogP contribution in [0.2, 0.25) is 0 Å². The normalized spacial score (nSPS) is 34.3. The topological polar surface area (TPSA) is 89.8 Å². The standard InChI is InChI=1S/C16H14N2O5/c1-2-16-7-6-11(23-16)12-13(16)15(20)17(14(12)19)9-4-3-5-10(8-9)18(21)22/h3-8,11-13H,2H2,1H3/t11-,12-,13-,16+/m1/s1. The molecule has 3 aliphatic rings. The van der Waals surface area contributed by atoms with Gasteiger partial charge in [-0.1, -0.05) is 25.1 Å². The third-order valence-electron chi connectivity index (χ3n) is 5.01. The lowest BCUT2D eigenvalue weighted by Crippen LogP contribution is -2.40. The molecule has 0 aromatic heterocycles.